The van der Waals surface area contributed by atoms with Gasteiger partial charge < -0.3 is 25.3 Å². The normalized spacial score (nSPS) is 17.8. The van der Waals surface area contributed by atoms with Gasteiger partial charge in [0.25, 0.3) is 0 Å². The lowest BCUT2D eigenvalue weighted by Crippen LogP contribution is -2.52. The third-order valence-corrected chi connectivity index (χ3v) is 6.89. The summed E-state index contributed by atoms with van der Waals surface area (Å²) in [4.78, 5) is 29.3. The standard InChI is InChI=1S/C30H35N3O6/c34-17-5-4-8-29(38)32-21-28(37)27(18-22-6-2-1-3-7-22)31(19-23-9-13-25(35)14-10-23)30(39)33(32)20-24-11-15-26(36)16-12-24/h1-3,6-7,9-16,27-28,34-37H,4-5,8,17-21H2/t27-,28-/m1/s1. The summed E-state index contributed by atoms with van der Waals surface area (Å²) in [6, 6.07) is 21.5. The average Bonchev–Trinajstić information content (AvgIpc) is 3.03. The third kappa shape index (κ3) is 7.28. The van der Waals surface area contributed by atoms with E-state index in [0.29, 0.717) is 24.8 Å². The van der Waals surface area contributed by atoms with Gasteiger partial charge in [0.05, 0.1) is 25.2 Å². The Balaban J connectivity index is 1.73. The lowest BCUT2D eigenvalue weighted by molar-refractivity contribution is -0.147. The molecule has 4 N–H and O–H groups in total. The number of carbonyl (C=O) groups is 2. The number of unbranched alkanes of at least 4 members (excludes halogenated alkanes) is 1. The number of aliphatic hydroxyl groups excluding tert-OH is 2. The van der Waals surface area contributed by atoms with Crippen molar-refractivity contribution in [2.75, 3.05) is 13.2 Å². The number of urea groups is 1. The minimum Gasteiger partial charge on any atom is -0.508 e. The minimum atomic E-state index is -1.04. The quantitative estimate of drug-likeness (QED) is 0.296. The second-order valence-electron chi connectivity index (χ2n) is 9.78. The second kappa shape index (κ2) is 13.1. The Kier molecular flexibility index (Phi) is 9.40. The highest BCUT2D eigenvalue weighted by Gasteiger charge is 2.41. The molecule has 3 aromatic rings. The van der Waals surface area contributed by atoms with Gasteiger partial charge in [-0.25, -0.2) is 14.8 Å². The summed E-state index contributed by atoms with van der Waals surface area (Å²) in [5, 5.41) is 42.9. The molecule has 9 heteroatoms. The van der Waals surface area contributed by atoms with Crippen LogP contribution in [0.3, 0.4) is 0 Å². The van der Waals surface area contributed by atoms with E-state index in [1.54, 1.807) is 41.3 Å². The summed E-state index contributed by atoms with van der Waals surface area (Å²) < 4.78 is 0. The maximum absolute atomic E-state index is 14.3. The summed E-state index contributed by atoms with van der Waals surface area (Å²) in [6.45, 7) is 0.102. The van der Waals surface area contributed by atoms with Crippen LogP contribution in [0.25, 0.3) is 0 Å². The largest absolute Gasteiger partial charge is 0.508 e. The first kappa shape index (κ1) is 27.9. The number of hydrogen-bond donors (Lipinski definition) is 4. The molecule has 0 bridgehead atoms. The molecule has 39 heavy (non-hydrogen) atoms. The highest BCUT2D eigenvalue weighted by atomic mass is 16.3. The van der Waals surface area contributed by atoms with Crippen LogP contribution in [0.15, 0.2) is 78.9 Å². The molecule has 0 aromatic heterocycles. The molecule has 0 aliphatic carbocycles. The Morgan fingerprint density at radius 1 is 0.795 bits per heavy atom. The molecule has 3 aromatic carbocycles. The Morgan fingerprint density at radius 3 is 1.97 bits per heavy atom. The van der Waals surface area contributed by atoms with E-state index in [1.807, 2.05) is 30.3 Å². The fourth-order valence-electron chi connectivity index (χ4n) is 4.76. The Morgan fingerprint density at radius 2 is 1.38 bits per heavy atom. The summed E-state index contributed by atoms with van der Waals surface area (Å²) in [5.41, 5.74) is 2.41. The number of nitrogens with zero attached hydrogens (tertiary/aromatic N) is 3. The molecule has 206 valence electrons. The van der Waals surface area contributed by atoms with Gasteiger partial charge in [0.15, 0.2) is 0 Å². The van der Waals surface area contributed by atoms with E-state index in [0.717, 1.165) is 11.1 Å². The molecule has 1 aliphatic rings. The second-order valence-corrected chi connectivity index (χ2v) is 9.78. The third-order valence-electron chi connectivity index (χ3n) is 6.89. The summed E-state index contributed by atoms with van der Waals surface area (Å²) in [7, 11) is 0. The van der Waals surface area contributed by atoms with E-state index in [1.165, 1.54) is 22.2 Å². The van der Waals surface area contributed by atoms with Gasteiger partial charge in [0, 0.05) is 19.6 Å². The van der Waals surface area contributed by atoms with Crippen LogP contribution >= 0.6 is 0 Å². The topological polar surface area (TPSA) is 125 Å². The van der Waals surface area contributed by atoms with Crippen molar-refractivity contribution < 1.29 is 30.0 Å². The SMILES string of the molecule is O=C(CCCCO)N1C[C@@H](O)[C@@H](Cc2ccccc2)N(Cc2ccc(O)cc2)C(=O)N1Cc1ccc(O)cc1. The van der Waals surface area contributed by atoms with E-state index in [2.05, 4.69) is 0 Å². The zero-order valence-corrected chi connectivity index (χ0v) is 21.8. The van der Waals surface area contributed by atoms with Crippen molar-refractivity contribution >= 4 is 11.9 Å². The number of amides is 3. The highest BCUT2D eigenvalue weighted by Crippen LogP contribution is 2.26. The van der Waals surface area contributed by atoms with E-state index in [9.17, 15) is 30.0 Å². The van der Waals surface area contributed by atoms with Crippen LogP contribution in [-0.2, 0) is 24.3 Å². The van der Waals surface area contributed by atoms with E-state index in [4.69, 9.17) is 0 Å². The number of aliphatic hydroxyl groups is 2. The monoisotopic (exact) mass is 533 g/mol. The molecule has 9 nitrogen and oxygen atoms in total. The van der Waals surface area contributed by atoms with Gasteiger partial charge in [-0.05, 0) is 60.2 Å². The zero-order chi connectivity index (χ0) is 27.8. The van der Waals surface area contributed by atoms with Crippen molar-refractivity contribution in [2.24, 2.45) is 0 Å². The first-order valence-corrected chi connectivity index (χ1v) is 13.1. The maximum atomic E-state index is 14.3. The number of β-amino-alcohol motifs (C(OH)–C–C–N with tert-alkyl or cyclic N) is 1. The molecule has 1 heterocycles. The summed E-state index contributed by atoms with van der Waals surface area (Å²) in [5.74, 6) is -0.125. The lowest BCUT2D eigenvalue weighted by Gasteiger charge is -2.36. The van der Waals surface area contributed by atoms with Crippen LogP contribution in [0.5, 0.6) is 11.5 Å². The predicted octanol–water partition coefficient (Wildman–Crippen LogP) is 3.41. The minimum absolute atomic E-state index is 0.0361. The molecule has 4 rings (SSSR count). The van der Waals surface area contributed by atoms with E-state index in [-0.39, 0.29) is 50.1 Å². The number of benzene rings is 3. The Hall–Kier alpha value is -4.08. The van der Waals surface area contributed by atoms with Crippen molar-refractivity contribution in [1.82, 2.24) is 14.9 Å². The molecule has 1 saturated heterocycles. The van der Waals surface area contributed by atoms with Crippen molar-refractivity contribution in [3.63, 3.8) is 0 Å². The Labute approximate surface area is 228 Å². The number of phenolic OH excluding ortho intramolecular Hbond substituents is 2. The van der Waals surface area contributed by atoms with Gasteiger partial charge in [-0.2, -0.15) is 0 Å². The van der Waals surface area contributed by atoms with Crippen LogP contribution in [-0.4, -0.2) is 72.6 Å². The molecule has 1 fully saturated rings. The predicted molar refractivity (Wildman–Crippen MR) is 145 cm³/mol. The highest BCUT2D eigenvalue weighted by molar-refractivity contribution is 5.82. The maximum Gasteiger partial charge on any atom is 0.339 e. The van der Waals surface area contributed by atoms with Crippen LogP contribution in [0.1, 0.15) is 36.0 Å². The van der Waals surface area contributed by atoms with Crippen molar-refractivity contribution in [3.8, 4) is 11.5 Å². The number of hydrogen-bond acceptors (Lipinski definition) is 6. The van der Waals surface area contributed by atoms with Crippen LogP contribution in [0.4, 0.5) is 4.79 Å². The molecule has 0 spiro atoms. The summed E-state index contributed by atoms with van der Waals surface area (Å²) >= 11 is 0. The van der Waals surface area contributed by atoms with Gasteiger partial charge in [-0.15, -0.1) is 0 Å². The van der Waals surface area contributed by atoms with Crippen molar-refractivity contribution in [2.45, 2.75) is 50.9 Å². The fraction of sp³-hybridized carbons (Fsp3) is 0.333. The number of hydrazine groups is 1. The molecule has 0 unspecified atom stereocenters. The van der Waals surface area contributed by atoms with Crippen LogP contribution < -0.4 is 0 Å². The van der Waals surface area contributed by atoms with E-state index < -0.39 is 18.2 Å². The molecule has 0 saturated carbocycles. The van der Waals surface area contributed by atoms with Crippen molar-refractivity contribution in [1.29, 1.82) is 0 Å². The fourth-order valence-corrected chi connectivity index (χ4v) is 4.76. The summed E-state index contributed by atoms with van der Waals surface area (Å²) in [6.07, 6.45) is 0.364. The van der Waals surface area contributed by atoms with Crippen LogP contribution in [0, 0.1) is 0 Å². The zero-order valence-electron chi connectivity index (χ0n) is 21.8. The first-order chi connectivity index (χ1) is 18.9. The van der Waals surface area contributed by atoms with Gasteiger partial charge in [0.2, 0.25) is 5.91 Å². The molecule has 2 atom stereocenters. The number of carbonyl (C=O) groups excluding carboxylic acids is 2. The number of aromatic hydroxyl groups is 2. The van der Waals surface area contributed by atoms with E-state index >= 15 is 0 Å². The molecular formula is C30H35N3O6. The van der Waals surface area contributed by atoms with Gasteiger partial charge in [-0.1, -0.05) is 54.6 Å². The molecule has 3 amide bonds. The van der Waals surface area contributed by atoms with Crippen molar-refractivity contribution in [3.05, 3.63) is 95.6 Å². The molecule has 0 radical (unpaired) electrons. The number of rotatable bonds is 10. The smallest absolute Gasteiger partial charge is 0.339 e. The van der Waals surface area contributed by atoms with Gasteiger partial charge in [-0.3, -0.25) is 4.79 Å². The number of phenols is 2. The van der Waals surface area contributed by atoms with Gasteiger partial charge >= 0.3 is 6.03 Å². The van der Waals surface area contributed by atoms with Crippen LogP contribution in [0.2, 0.25) is 0 Å². The first-order valence-electron chi connectivity index (χ1n) is 13.1. The molecule has 1 aliphatic heterocycles. The average molecular weight is 534 g/mol. The lowest BCUT2D eigenvalue weighted by atomic mass is 9.99. The molecular weight excluding hydrogens is 498 g/mol. The van der Waals surface area contributed by atoms with Gasteiger partial charge in [0.1, 0.15) is 11.5 Å². The Bertz CT molecular complexity index is 1220.